The second-order valence-electron chi connectivity index (χ2n) is 4.65. The zero-order chi connectivity index (χ0) is 14.0. The lowest BCUT2D eigenvalue weighted by Gasteiger charge is -2.05. The quantitative estimate of drug-likeness (QED) is 0.442. The van der Waals surface area contributed by atoms with E-state index >= 15 is 0 Å². The van der Waals surface area contributed by atoms with Gasteiger partial charge in [0.2, 0.25) is 5.69 Å². The van der Waals surface area contributed by atoms with Crippen LogP contribution >= 0.6 is 0 Å². The lowest BCUT2D eigenvalue weighted by Crippen LogP contribution is -2.20. The number of ether oxygens (including phenoxy) is 1. The summed E-state index contributed by atoms with van der Waals surface area (Å²) in [6.07, 6.45) is 2.39. The Kier molecular flexibility index (Phi) is 3.79. The Hall–Kier alpha value is -1.96. The zero-order valence-electron chi connectivity index (χ0n) is 10.7. The standard InChI is InChI=1S/C11H16N4O4/c1-7-9(15(17)18)10(11(12)16)14(13-7)4-5-19-6-8-2-3-8/h8H,2-6H2,1H3,(H2,12,16). The summed E-state index contributed by atoms with van der Waals surface area (Å²) in [5, 5.41) is 14.9. The molecule has 8 heteroatoms. The monoisotopic (exact) mass is 268 g/mol. The van der Waals surface area contributed by atoms with Crippen LogP contribution in [0.5, 0.6) is 0 Å². The summed E-state index contributed by atoms with van der Waals surface area (Å²) in [5.41, 5.74) is 4.87. The van der Waals surface area contributed by atoms with Crippen molar-refractivity contribution in [2.45, 2.75) is 26.3 Å². The molecule has 0 bridgehead atoms. The molecule has 0 aliphatic heterocycles. The molecule has 1 amide bonds. The minimum absolute atomic E-state index is 0.169. The molecule has 1 aliphatic rings. The van der Waals surface area contributed by atoms with Crippen LogP contribution in [0.1, 0.15) is 29.0 Å². The van der Waals surface area contributed by atoms with Crippen LogP contribution in [0, 0.1) is 23.0 Å². The molecule has 1 aromatic rings. The van der Waals surface area contributed by atoms with E-state index in [1.807, 2.05) is 0 Å². The summed E-state index contributed by atoms with van der Waals surface area (Å²) >= 11 is 0. The Labute approximate surface area is 109 Å². The zero-order valence-corrected chi connectivity index (χ0v) is 10.7. The minimum Gasteiger partial charge on any atom is -0.379 e. The van der Waals surface area contributed by atoms with Crippen LogP contribution in [0.25, 0.3) is 0 Å². The van der Waals surface area contributed by atoms with Gasteiger partial charge in [0.05, 0.1) is 18.1 Å². The van der Waals surface area contributed by atoms with Crippen molar-refractivity contribution in [3.63, 3.8) is 0 Å². The Balaban J connectivity index is 2.07. The molecule has 2 rings (SSSR count). The van der Waals surface area contributed by atoms with E-state index in [4.69, 9.17) is 10.5 Å². The highest BCUT2D eigenvalue weighted by Gasteiger charge is 2.29. The van der Waals surface area contributed by atoms with Crippen molar-refractivity contribution in [1.82, 2.24) is 9.78 Å². The average Bonchev–Trinajstić information content (AvgIpc) is 3.07. The van der Waals surface area contributed by atoms with E-state index < -0.39 is 10.8 Å². The van der Waals surface area contributed by atoms with Gasteiger partial charge in [0.1, 0.15) is 5.69 Å². The number of nitro groups is 1. The first-order chi connectivity index (χ1) is 9.00. The molecule has 8 nitrogen and oxygen atoms in total. The molecule has 19 heavy (non-hydrogen) atoms. The fraction of sp³-hybridized carbons (Fsp3) is 0.636. The number of rotatable bonds is 7. The summed E-state index contributed by atoms with van der Waals surface area (Å²) < 4.78 is 6.68. The lowest BCUT2D eigenvalue weighted by molar-refractivity contribution is -0.385. The van der Waals surface area contributed by atoms with Crippen molar-refractivity contribution >= 4 is 11.6 Å². The van der Waals surface area contributed by atoms with E-state index in [-0.39, 0.29) is 23.6 Å². The van der Waals surface area contributed by atoms with Gasteiger partial charge in [0.25, 0.3) is 5.91 Å². The molecule has 0 radical (unpaired) electrons. The molecular formula is C11H16N4O4. The Morgan fingerprint density at radius 2 is 2.32 bits per heavy atom. The number of carbonyl (C=O) groups is 1. The van der Waals surface area contributed by atoms with Crippen molar-refractivity contribution in [2.75, 3.05) is 13.2 Å². The van der Waals surface area contributed by atoms with Crippen LogP contribution in [0.2, 0.25) is 0 Å². The molecule has 0 unspecified atom stereocenters. The first-order valence-electron chi connectivity index (χ1n) is 6.10. The predicted octanol–water partition coefficient (Wildman–Crippen LogP) is 0.625. The Bertz CT molecular complexity index is 507. The fourth-order valence-corrected chi connectivity index (χ4v) is 1.88. The summed E-state index contributed by atoms with van der Waals surface area (Å²) in [6.45, 7) is 2.80. The number of primary amides is 1. The first kappa shape index (κ1) is 13.5. The number of hydrogen-bond donors (Lipinski definition) is 1. The highest BCUT2D eigenvalue weighted by atomic mass is 16.6. The summed E-state index contributed by atoms with van der Waals surface area (Å²) in [7, 11) is 0. The summed E-state index contributed by atoms with van der Waals surface area (Å²) in [5.74, 6) is -0.209. The molecule has 104 valence electrons. The number of nitrogens with two attached hydrogens (primary N) is 1. The van der Waals surface area contributed by atoms with Crippen molar-refractivity contribution in [3.05, 3.63) is 21.5 Å². The average molecular weight is 268 g/mol. The van der Waals surface area contributed by atoms with E-state index in [9.17, 15) is 14.9 Å². The van der Waals surface area contributed by atoms with Gasteiger partial charge in [0.15, 0.2) is 0 Å². The SMILES string of the molecule is Cc1nn(CCOCC2CC2)c(C(N)=O)c1[N+](=O)[O-]. The lowest BCUT2D eigenvalue weighted by atomic mass is 10.3. The van der Waals surface area contributed by atoms with E-state index in [1.165, 1.54) is 24.4 Å². The Morgan fingerprint density at radius 3 is 2.84 bits per heavy atom. The maximum absolute atomic E-state index is 11.3. The van der Waals surface area contributed by atoms with Gasteiger partial charge in [-0.2, -0.15) is 5.10 Å². The number of aromatic nitrogens is 2. The van der Waals surface area contributed by atoms with E-state index in [1.54, 1.807) is 0 Å². The number of amides is 1. The van der Waals surface area contributed by atoms with Crippen LogP contribution in [0.3, 0.4) is 0 Å². The largest absolute Gasteiger partial charge is 0.379 e. The fourth-order valence-electron chi connectivity index (χ4n) is 1.88. The molecule has 1 aromatic heterocycles. The predicted molar refractivity (Wildman–Crippen MR) is 65.7 cm³/mol. The Morgan fingerprint density at radius 1 is 1.63 bits per heavy atom. The van der Waals surface area contributed by atoms with Gasteiger partial charge >= 0.3 is 5.69 Å². The molecule has 1 heterocycles. The molecule has 0 saturated heterocycles. The number of aryl methyl sites for hydroxylation is 1. The third-order valence-corrected chi connectivity index (χ3v) is 3.01. The van der Waals surface area contributed by atoms with Crippen LogP contribution in [0.4, 0.5) is 5.69 Å². The number of carbonyl (C=O) groups excluding carboxylic acids is 1. The molecule has 1 fully saturated rings. The molecular weight excluding hydrogens is 252 g/mol. The second kappa shape index (κ2) is 5.35. The smallest absolute Gasteiger partial charge is 0.322 e. The van der Waals surface area contributed by atoms with Crippen LogP contribution in [0.15, 0.2) is 0 Å². The molecule has 0 aromatic carbocycles. The van der Waals surface area contributed by atoms with Gasteiger partial charge in [-0.15, -0.1) is 0 Å². The molecule has 1 aliphatic carbocycles. The van der Waals surface area contributed by atoms with Crippen LogP contribution in [-0.2, 0) is 11.3 Å². The first-order valence-corrected chi connectivity index (χ1v) is 6.10. The van der Waals surface area contributed by atoms with Gasteiger partial charge in [-0.3, -0.25) is 19.6 Å². The van der Waals surface area contributed by atoms with Crippen molar-refractivity contribution in [1.29, 1.82) is 0 Å². The van der Waals surface area contributed by atoms with Crippen molar-refractivity contribution in [3.8, 4) is 0 Å². The highest BCUT2D eigenvalue weighted by Crippen LogP contribution is 2.28. The van der Waals surface area contributed by atoms with Crippen LogP contribution in [-0.4, -0.2) is 33.8 Å². The molecule has 2 N–H and O–H groups in total. The van der Waals surface area contributed by atoms with Crippen LogP contribution < -0.4 is 5.73 Å². The van der Waals surface area contributed by atoms with Gasteiger partial charge in [0, 0.05) is 6.61 Å². The molecule has 0 atom stereocenters. The minimum atomic E-state index is -0.852. The molecule has 1 saturated carbocycles. The third kappa shape index (κ3) is 3.08. The summed E-state index contributed by atoms with van der Waals surface area (Å²) in [6, 6.07) is 0. The summed E-state index contributed by atoms with van der Waals surface area (Å²) in [4.78, 5) is 21.6. The van der Waals surface area contributed by atoms with Crippen molar-refractivity contribution in [2.24, 2.45) is 11.7 Å². The molecule has 0 spiro atoms. The van der Waals surface area contributed by atoms with Gasteiger partial charge < -0.3 is 10.5 Å². The van der Waals surface area contributed by atoms with E-state index in [2.05, 4.69) is 5.10 Å². The number of hydrogen-bond acceptors (Lipinski definition) is 5. The second-order valence-corrected chi connectivity index (χ2v) is 4.65. The van der Waals surface area contributed by atoms with Crippen molar-refractivity contribution < 1.29 is 14.5 Å². The third-order valence-electron chi connectivity index (χ3n) is 3.01. The number of nitrogens with zero attached hydrogens (tertiary/aromatic N) is 3. The maximum atomic E-state index is 11.3. The van der Waals surface area contributed by atoms with Gasteiger partial charge in [-0.25, -0.2) is 0 Å². The topological polar surface area (TPSA) is 113 Å². The highest BCUT2D eigenvalue weighted by molar-refractivity contribution is 5.95. The van der Waals surface area contributed by atoms with E-state index in [0.29, 0.717) is 19.1 Å². The maximum Gasteiger partial charge on any atom is 0.322 e. The van der Waals surface area contributed by atoms with Gasteiger partial charge in [-0.1, -0.05) is 0 Å². The normalized spacial score (nSPS) is 14.6. The van der Waals surface area contributed by atoms with E-state index in [0.717, 1.165) is 0 Å². The van der Waals surface area contributed by atoms with Gasteiger partial charge in [-0.05, 0) is 25.7 Å².